The van der Waals surface area contributed by atoms with Crippen molar-refractivity contribution in [1.29, 1.82) is 0 Å². The van der Waals surface area contributed by atoms with Gasteiger partial charge >= 0.3 is 0 Å². The van der Waals surface area contributed by atoms with Crippen molar-refractivity contribution >= 4 is 5.91 Å². The van der Waals surface area contributed by atoms with Gasteiger partial charge in [0.25, 0.3) is 11.5 Å². The molecule has 132 valence electrons. The first-order chi connectivity index (χ1) is 12.7. The van der Waals surface area contributed by atoms with Gasteiger partial charge in [-0.1, -0.05) is 0 Å². The molecule has 8 heteroatoms. The first-order valence-electron chi connectivity index (χ1n) is 8.24. The Morgan fingerprint density at radius 1 is 1.31 bits per heavy atom. The van der Waals surface area contributed by atoms with Gasteiger partial charge in [-0.3, -0.25) is 14.7 Å². The topological polar surface area (TPSA) is 102 Å². The van der Waals surface area contributed by atoms with Gasteiger partial charge in [0.05, 0.1) is 18.2 Å². The molecule has 0 unspecified atom stereocenters. The number of hydrogen-bond acceptors (Lipinski definition) is 5. The summed E-state index contributed by atoms with van der Waals surface area (Å²) < 4.78 is 6.42. The predicted octanol–water partition coefficient (Wildman–Crippen LogP) is 1.52. The molecule has 1 aliphatic carbocycles. The molecule has 0 aromatic carbocycles. The summed E-state index contributed by atoms with van der Waals surface area (Å²) in [6, 6.07) is 7.00. The molecule has 3 heterocycles. The number of pyridine rings is 2. The van der Waals surface area contributed by atoms with Crippen LogP contribution in [0, 0.1) is 0 Å². The van der Waals surface area contributed by atoms with Crippen LogP contribution in [0.4, 0.5) is 0 Å². The zero-order valence-electron chi connectivity index (χ0n) is 14.1. The summed E-state index contributed by atoms with van der Waals surface area (Å²) in [5.41, 5.74) is 1.39. The molecule has 0 atom stereocenters. The molecule has 8 nitrogen and oxygen atoms in total. The van der Waals surface area contributed by atoms with Gasteiger partial charge in [-0.25, -0.2) is 14.6 Å². The number of amides is 1. The Morgan fingerprint density at radius 3 is 2.85 bits per heavy atom. The van der Waals surface area contributed by atoms with Gasteiger partial charge in [-0.15, -0.1) is 0 Å². The highest BCUT2D eigenvalue weighted by Crippen LogP contribution is 2.20. The summed E-state index contributed by atoms with van der Waals surface area (Å²) in [4.78, 5) is 33.0. The number of nitrogens with zero attached hydrogens (tertiary/aromatic N) is 3. The third-order valence-corrected chi connectivity index (χ3v) is 4.18. The second-order valence-corrected chi connectivity index (χ2v) is 6.07. The van der Waals surface area contributed by atoms with Gasteiger partial charge in [0.1, 0.15) is 0 Å². The van der Waals surface area contributed by atoms with E-state index in [1.165, 1.54) is 18.0 Å². The number of nitrogens with one attached hydrogen (secondary N) is 2. The molecular weight excluding hydrogens is 334 g/mol. The molecule has 0 aliphatic heterocycles. The summed E-state index contributed by atoms with van der Waals surface area (Å²) in [5, 5.41) is 5.80. The summed E-state index contributed by atoms with van der Waals surface area (Å²) in [6.07, 6.45) is 6.70. The average Bonchev–Trinajstić information content (AvgIpc) is 3.41. The Labute approximate surface area is 148 Å². The number of aromatic nitrogens is 4. The fourth-order valence-corrected chi connectivity index (χ4v) is 2.58. The van der Waals surface area contributed by atoms with Crippen LogP contribution in [-0.2, 0) is 0 Å². The van der Waals surface area contributed by atoms with E-state index in [1.807, 2.05) is 0 Å². The van der Waals surface area contributed by atoms with Crippen molar-refractivity contribution in [3.8, 4) is 22.8 Å². The molecule has 0 saturated heterocycles. The summed E-state index contributed by atoms with van der Waals surface area (Å²) in [7, 11) is 1.52. The molecule has 0 radical (unpaired) electrons. The van der Waals surface area contributed by atoms with Gasteiger partial charge in [-0.2, -0.15) is 0 Å². The maximum Gasteiger partial charge on any atom is 0.280 e. The number of hydrogen-bond donors (Lipinski definition) is 2. The molecule has 1 saturated carbocycles. The zero-order valence-corrected chi connectivity index (χ0v) is 14.1. The third-order valence-electron chi connectivity index (χ3n) is 4.18. The van der Waals surface area contributed by atoms with Gasteiger partial charge in [-0.05, 0) is 36.6 Å². The number of H-pyrrole nitrogens is 1. The highest BCUT2D eigenvalue weighted by molar-refractivity contribution is 5.94. The lowest BCUT2D eigenvalue weighted by Gasteiger charge is -2.04. The molecule has 4 rings (SSSR count). The van der Waals surface area contributed by atoms with E-state index in [9.17, 15) is 9.59 Å². The second-order valence-electron chi connectivity index (χ2n) is 6.07. The number of carbonyl (C=O) groups is 1. The standard InChI is InChI=1S/C18H17N5O3/c1-26-16-8-11(6-7-19-16)14-10-21-23(18(14)25)15-5-2-12(9-20-15)17(24)22-13-3-4-13/h2,5-10,13,21H,3-4H2,1H3,(H,22,24). The van der Waals surface area contributed by atoms with Crippen molar-refractivity contribution in [2.24, 2.45) is 0 Å². The van der Waals surface area contributed by atoms with E-state index >= 15 is 0 Å². The molecular formula is C18H17N5O3. The van der Waals surface area contributed by atoms with Crippen LogP contribution in [0.15, 0.2) is 47.7 Å². The Bertz CT molecular complexity index is 1000. The van der Waals surface area contributed by atoms with Crippen LogP contribution in [0.3, 0.4) is 0 Å². The molecule has 1 fully saturated rings. The van der Waals surface area contributed by atoms with Crippen LogP contribution < -0.4 is 15.6 Å². The van der Waals surface area contributed by atoms with Crippen molar-refractivity contribution in [3.05, 3.63) is 58.8 Å². The van der Waals surface area contributed by atoms with Gasteiger partial charge < -0.3 is 10.1 Å². The monoisotopic (exact) mass is 351 g/mol. The van der Waals surface area contributed by atoms with Gasteiger partial charge in [0.15, 0.2) is 5.82 Å². The van der Waals surface area contributed by atoms with Gasteiger partial charge in [0, 0.05) is 30.7 Å². The fraction of sp³-hybridized carbons (Fsp3) is 0.222. The van der Waals surface area contributed by atoms with E-state index in [-0.39, 0.29) is 17.5 Å². The fourth-order valence-electron chi connectivity index (χ4n) is 2.58. The minimum atomic E-state index is -0.249. The van der Waals surface area contributed by atoms with Crippen molar-refractivity contribution in [1.82, 2.24) is 25.1 Å². The summed E-state index contributed by atoms with van der Waals surface area (Å²) >= 11 is 0. The maximum atomic E-state index is 12.7. The lowest BCUT2D eigenvalue weighted by molar-refractivity contribution is 0.0950. The minimum Gasteiger partial charge on any atom is -0.481 e. The van der Waals surface area contributed by atoms with Crippen LogP contribution >= 0.6 is 0 Å². The number of methoxy groups -OCH3 is 1. The van der Waals surface area contributed by atoms with E-state index < -0.39 is 0 Å². The van der Waals surface area contributed by atoms with E-state index in [4.69, 9.17) is 4.74 Å². The van der Waals surface area contributed by atoms with E-state index in [0.29, 0.717) is 28.4 Å². The van der Waals surface area contributed by atoms with Crippen LogP contribution in [0.2, 0.25) is 0 Å². The molecule has 0 bridgehead atoms. The van der Waals surface area contributed by atoms with E-state index in [1.54, 1.807) is 36.7 Å². The van der Waals surface area contributed by atoms with Gasteiger partial charge in [0.2, 0.25) is 5.88 Å². The average molecular weight is 351 g/mol. The Kier molecular flexibility index (Phi) is 4.00. The van der Waals surface area contributed by atoms with Crippen molar-refractivity contribution in [3.63, 3.8) is 0 Å². The molecule has 1 aliphatic rings. The molecule has 3 aromatic heterocycles. The lowest BCUT2D eigenvalue weighted by Crippen LogP contribution is -2.25. The van der Waals surface area contributed by atoms with Crippen molar-refractivity contribution in [2.75, 3.05) is 7.11 Å². The SMILES string of the molecule is COc1cc(-c2c[nH]n(-c3ccc(C(=O)NC4CC4)cn3)c2=O)ccn1. The van der Waals surface area contributed by atoms with Crippen LogP contribution in [-0.4, -0.2) is 38.8 Å². The molecule has 2 N–H and O–H groups in total. The first-order valence-corrected chi connectivity index (χ1v) is 8.24. The number of aromatic amines is 1. The van der Waals surface area contributed by atoms with E-state index in [0.717, 1.165) is 12.8 Å². The van der Waals surface area contributed by atoms with Crippen LogP contribution in [0.1, 0.15) is 23.2 Å². The Morgan fingerprint density at radius 2 is 2.15 bits per heavy atom. The Balaban J connectivity index is 1.61. The normalized spacial score (nSPS) is 13.4. The quantitative estimate of drug-likeness (QED) is 0.726. The molecule has 0 spiro atoms. The molecule has 3 aromatic rings. The van der Waals surface area contributed by atoms with Crippen LogP contribution in [0.5, 0.6) is 5.88 Å². The second kappa shape index (κ2) is 6.47. The Hall–Kier alpha value is -3.42. The molecule has 26 heavy (non-hydrogen) atoms. The first kappa shape index (κ1) is 16.1. The predicted molar refractivity (Wildman–Crippen MR) is 94.5 cm³/mol. The van der Waals surface area contributed by atoms with Crippen molar-refractivity contribution in [2.45, 2.75) is 18.9 Å². The smallest absolute Gasteiger partial charge is 0.280 e. The van der Waals surface area contributed by atoms with E-state index in [2.05, 4.69) is 20.4 Å². The zero-order chi connectivity index (χ0) is 18.1. The van der Waals surface area contributed by atoms with Crippen molar-refractivity contribution < 1.29 is 9.53 Å². The highest BCUT2D eigenvalue weighted by Gasteiger charge is 2.24. The largest absolute Gasteiger partial charge is 0.481 e. The molecule has 1 amide bonds. The lowest BCUT2D eigenvalue weighted by atomic mass is 10.1. The number of ether oxygens (including phenoxy) is 1. The third kappa shape index (κ3) is 3.08. The maximum absolute atomic E-state index is 12.7. The minimum absolute atomic E-state index is 0.144. The summed E-state index contributed by atoms with van der Waals surface area (Å²) in [5.74, 6) is 0.694. The number of rotatable bonds is 5. The highest BCUT2D eigenvalue weighted by atomic mass is 16.5. The summed E-state index contributed by atoms with van der Waals surface area (Å²) in [6.45, 7) is 0. The number of carbonyl (C=O) groups excluding carboxylic acids is 1. The van der Waals surface area contributed by atoms with Crippen LogP contribution in [0.25, 0.3) is 16.9 Å².